The van der Waals surface area contributed by atoms with Crippen LogP contribution in [0.5, 0.6) is 0 Å². The van der Waals surface area contributed by atoms with Crippen molar-refractivity contribution >= 4 is 0 Å². The Morgan fingerprint density at radius 2 is 2.29 bits per heavy atom. The van der Waals surface area contributed by atoms with Gasteiger partial charge in [-0.25, -0.2) is 0 Å². The lowest BCUT2D eigenvalue weighted by molar-refractivity contribution is 0.349. The Balaban J connectivity index is 1.89. The summed E-state index contributed by atoms with van der Waals surface area (Å²) in [5.74, 6) is 2.84. The van der Waals surface area contributed by atoms with Gasteiger partial charge in [-0.3, -0.25) is 0 Å². The van der Waals surface area contributed by atoms with Crippen LogP contribution in [0.4, 0.5) is 0 Å². The largest absolute Gasteiger partial charge is 0.339 e. The van der Waals surface area contributed by atoms with Crippen molar-refractivity contribution in [3.05, 3.63) is 11.7 Å². The van der Waals surface area contributed by atoms with Crippen molar-refractivity contribution in [2.45, 2.75) is 32.6 Å². The van der Waals surface area contributed by atoms with Crippen LogP contribution in [0.3, 0.4) is 0 Å². The summed E-state index contributed by atoms with van der Waals surface area (Å²) >= 11 is 0. The predicted molar refractivity (Wildman–Crippen MR) is 53.1 cm³/mol. The van der Waals surface area contributed by atoms with Crippen LogP contribution in [0.2, 0.25) is 0 Å². The standard InChI is InChI=1S/C10H17N3O/c1-7(2)3-4-9-12-10(13-14-9)8-5-11-6-8/h7-8,11H,3-6H2,1-2H3. The van der Waals surface area contributed by atoms with Crippen LogP contribution < -0.4 is 5.32 Å². The van der Waals surface area contributed by atoms with E-state index < -0.39 is 0 Å². The molecule has 2 heterocycles. The minimum absolute atomic E-state index is 0.478. The van der Waals surface area contributed by atoms with Gasteiger partial charge in [0.1, 0.15) is 0 Å². The van der Waals surface area contributed by atoms with E-state index in [-0.39, 0.29) is 0 Å². The highest BCUT2D eigenvalue weighted by atomic mass is 16.5. The number of aromatic nitrogens is 2. The fourth-order valence-corrected chi connectivity index (χ4v) is 1.42. The summed E-state index contributed by atoms with van der Waals surface area (Å²) in [7, 11) is 0. The van der Waals surface area contributed by atoms with Crippen LogP contribution in [-0.2, 0) is 6.42 Å². The summed E-state index contributed by atoms with van der Waals surface area (Å²) in [5.41, 5.74) is 0. The Labute approximate surface area is 84.1 Å². The molecule has 78 valence electrons. The number of nitrogens with one attached hydrogen (secondary N) is 1. The van der Waals surface area contributed by atoms with E-state index in [0.29, 0.717) is 11.8 Å². The van der Waals surface area contributed by atoms with Gasteiger partial charge in [0, 0.05) is 25.4 Å². The highest BCUT2D eigenvalue weighted by Crippen LogP contribution is 2.17. The maximum Gasteiger partial charge on any atom is 0.226 e. The molecule has 1 aliphatic heterocycles. The molecule has 0 aliphatic carbocycles. The van der Waals surface area contributed by atoms with Gasteiger partial charge >= 0.3 is 0 Å². The summed E-state index contributed by atoms with van der Waals surface area (Å²) in [6, 6.07) is 0. The molecule has 0 unspecified atom stereocenters. The lowest BCUT2D eigenvalue weighted by atomic mass is 10.0. The molecule has 1 fully saturated rings. The smallest absolute Gasteiger partial charge is 0.226 e. The molecule has 0 bridgehead atoms. The van der Waals surface area contributed by atoms with Gasteiger partial charge in [-0.1, -0.05) is 19.0 Å². The van der Waals surface area contributed by atoms with E-state index >= 15 is 0 Å². The molecule has 1 N–H and O–H groups in total. The molecule has 0 amide bonds. The van der Waals surface area contributed by atoms with Crippen molar-refractivity contribution in [3.8, 4) is 0 Å². The fraction of sp³-hybridized carbons (Fsp3) is 0.800. The Hall–Kier alpha value is -0.900. The van der Waals surface area contributed by atoms with E-state index in [2.05, 4.69) is 29.3 Å². The Kier molecular flexibility index (Phi) is 2.82. The van der Waals surface area contributed by atoms with Gasteiger partial charge in [0.25, 0.3) is 0 Å². The van der Waals surface area contributed by atoms with Gasteiger partial charge in [-0.05, 0) is 12.3 Å². The number of nitrogens with zero attached hydrogens (tertiary/aromatic N) is 2. The third kappa shape index (κ3) is 2.12. The summed E-state index contributed by atoms with van der Waals surface area (Å²) in [4.78, 5) is 4.39. The van der Waals surface area contributed by atoms with Gasteiger partial charge in [-0.2, -0.15) is 4.98 Å². The Morgan fingerprint density at radius 3 is 2.86 bits per heavy atom. The van der Waals surface area contributed by atoms with Crippen LogP contribution >= 0.6 is 0 Å². The van der Waals surface area contributed by atoms with Crippen LogP contribution in [0, 0.1) is 5.92 Å². The Bertz CT molecular complexity index is 291. The molecular weight excluding hydrogens is 178 g/mol. The molecule has 0 spiro atoms. The zero-order chi connectivity index (χ0) is 9.97. The third-order valence-electron chi connectivity index (χ3n) is 2.57. The molecule has 0 atom stereocenters. The van der Waals surface area contributed by atoms with Crippen molar-refractivity contribution in [2.24, 2.45) is 5.92 Å². The molecule has 1 aromatic heterocycles. The lowest BCUT2D eigenvalue weighted by Crippen LogP contribution is -2.40. The second-order valence-corrected chi connectivity index (χ2v) is 4.33. The van der Waals surface area contributed by atoms with Crippen molar-refractivity contribution in [1.29, 1.82) is 0 Å². The summed E-state index contributed by atoms with van der Waals surface area (Å²) in [5, 5.41) is 7.19. The second-order valence-electron chi connectivity index (χ2n) is 4.33. The van der Waals surface area contributed by atoms with Crippen LogP contribution in [-0.4, -0.2) is 23.2 Å². The number of aryl methyl sites for hydroxylation is 1. The first-order valence-corrected chi connectivity index (χ1v) is 5.29. The van der Waals surface area contributed by atoms with E-state index in [9.17, 15) is 0 Å². The van der Waals surface area contributed by atoms with E-state index in [4.69, 9.17) is 4.52 Å². The van der Waals surface area contributed by atoms with E-state index in [1.807, 2.05) is 0 Å². The molecule has 0 aromatic carbocycles. The molecule has 2 rings (SSSR count). The van der Waals surface area contributed by atoms with Crippen molar-refractivity contribution < 1.29 is 4.52 Å². The quantitative estimate of drug-likeness (QED) is 0.787. The van der Waals surface area contributed by atoms with Gasteiger partial charge < -0.3 is 9.84 Å². The van der Waals surface area contributed by atoms with Crippen molar-refractivity contribution in [2.75, 3.05) is 13.1 Å². The maximum atomic E-state index is 5.18. The molecule has 0 radical (unpaired) electrons. The molecule has 1 aromatic rings. The van der Waals surface area contributed by atoms with Crippen LogP contribution in [0.15, 0.2) is 4.52 Å². The van der Waals surface area contributed by atoms with Crippen LogP contribution in [0.1, 0.15) is 37.9 Å². The van der Waals surface area contributed by atoms with Gasteiger partial charge in [0.2, 0.25) is 5.89 Å². The molecule has 1 aliphatic rings. The normalized spacial score (nSPS) is 17.4. The maximum absolute atomic E-state index is 5.18. The van der Waals surface area contributed by atoms with Gasteiger partial charge in [0.15, 0.2) is 5.82 Å². The lowest BCUT2D eigenvalue weighted by Gasteiger charge is -2.23. The highest BCUT2D eigenvalue weighted by molar-refractivity contribution is 5.02. The minimum atomic E-state index is 0.478. The first-order chi connectivity index (χ1) is 6.75. The van der Waals surface area contributed by atoms with E-state index in [1.165, 1.54) is 0 Å². The van der Waals surface area contributed by atoms with E-state index in [1.54, 1.807) is 0 Å². The Morgan fingerprint density at radius 1 is 1.50 bits per heavy atom. The fourth-order valence-electron chi connectivity index (χ4n) is 1.42. The number of rotatable bonds is 4. The average Bonchev–Trinajstić information content (AvgIpc) is 2.46. The molecule has 4 heteroatoms. The topological polar surface area (TPSA) is 51.0 Å². The zero-order valence-electron chi connectivity index (χ0n) is 8.79. The average molecular weight is 195 g/mol. The molecule has 0 saturated carbocycles. The third-order valence-corrected chi connectivity index (χ3v) is 2.57. The van der Waals surface area contributed by atoms with Crippen molar-refractivity contribution in [1.82, 2.24) is 15.5 Å². The minimum Gasteiger partial charge on any atom is -0.339 e. The first kappa shape index (κ1) is 9.65. The highest BCUT2D eigenvalue weighted by Gasteiger charge is 2.24. The summed E-state index contributed by atoms with van der Waals surface area (Å²) in [6.07, 6.45) is 2.02. The monoisotopic (exact) mass is 195 g/mol. The van der Waals surface area contributed by atoms with Gasteiger partial charge in [0.05, 0.1) is 0 Å². The second kappa shape index (κ2) is 4.09. The zero-order valence-corrected chi connectivity index (χ0v) is 8.79. The predicted octanol–water partition coefficient (Wildman–Crippen LogP) is 1.34. The number of hydrogen-bond acceptors (Lipinski definition) is 4. The molecule has 4 nitrogen and oxygen atoms in total. The SMILES string of the molecule is CC(C)CCc1nc(C2CNC2)no1. The number of hydrogen-bond donors (Lipinski definition) is 1. The molecular formula is C10H17N3O. The van der Waals surface area contributed by atoms with Crippen molar-refractivity contribution in [3.63, 3.8) is 0 Å². The molecule has 1 saturated heterocycles. The summed E-state index contributed by atoms with van der Waals surface area (Å²) in [6.45, 7) is 6.38. The first-order valence-electron chi connectivity index (χ1n) is 5.29. The summed E-state index contributed by atoms with van der Waals surface area (Å²) < 4.78 is 5.18. The van der Waals surface area contributed by atoms with Gasteiger partial charge in [-0.15, -0.1) is 0 Å². The van der Waals surface area contributed by atoms with E-state index in [0.717, 1.165) is 37.6 Å². The molecule has 14 heavy (non-hydrogen) atoms. The van der Waals surface area contributed by atoms with Crippen LogP contribution in [0.25, 0.3) is 0 Å².